The van der Waals surface area contributed by atoms with Crippen molar-refractivity contribution in [3.05, 3.63) is 70.5 Å². The molecule has 40 heavy (non-hydrogen) atoms. The van der Waals surface area contributed by atoms with Gasteiger partial charge in [0.25, 0.3) is 5.91 Å². The second kappa shape index (κ2) is 10.9. The minimum Gasteiger partial charge on any atom is -0.389 e. The Morgan fingerprint density at radius 1 is 1.00 bits per heavy atom. The molecule has 0 aliphatic heterocycles. The maximum atomic E-state index is 13.7. The summed E-state index contributed by atoms with van der Waals surface area (Å²) in [5, 5.41) is 12.9. The molecule has 2 N–H and O–H groups in total. The summed E-state index contributed by atoms with van der Waals surface area (Å²) in [4.78, 5) is 25.1. The normalized spacial score (nSPS) is 26.3. The molecule has 2 aromatic rings. The monoisotopic (exact) mass is 595 g/mol. The highest BCUT2D eigenvalue weighted by Gasteiger charge is 2.55. The number of fused-ring (bicyclic) bond motifs is 2. The quantitative estimate of drug-likeness (QED) is 0.287. The number of carbonyl (C=O) groups excluding carboxylic acids is 2. The highest BCUT2D eigenvalue weighted by molar-refractivity contribution is 7.92. The van der Waals surface area contributed by atoms with Gasteiger partial charge in [0, 0.05) is 35.7 Å². The summed E-state index contributed by atoms with van der Waals surface area (Å²) >= 11 is 6.27. The molecule has 6 nitrogen and oxygen atoms in total. The third kappa shape index (κ3) is 5.33. The summed E-state index contributed by atoms with van der Waals surface area (Å²) < 4.78 is 67.8. The number of aliphatic hydroxyl groups is 1. The number of ketones is 1. The number of hydrogen-bond acceptors (Lipinski definition) is 5. The van der Waals surface area contributed by atoms with Crippen LogP contribution in [0.3, 0.4) is 0 Å². The predicted octanol–water partition coefficient (Wildman–Crippen LogP) is 6.02. The summed E-state index contributed by atoms with van der Waals surface area (Å²) in [7, 11) is -4.03. The Morgan fingerprint density at radius 2 is 1.60 bits per heavy atom. The van der Waals surface area contributed by atoms with E-state index in [1.807, 2.05) is 12.2 Å². The van der Waals surface area contributed by atoms with Gasteiger partial charge in [-0.05, 0) is 75.0 Å². The van der Waals surface area contributed by atoms with E-state index in [4.69, 9.17) is 11.6 Å². The number of sulfone groups is 1. The molecule has 0 aromatic heterocycles. The van der Waals surface area contributed by atoms with Crippen LogP contribution in [0.4, 0.5) is 18.9 Å². The number of anilines is 1. The average Bonchev–Trinajstić information content (AvgIpc) is 3.48. The van der Waals surface area contributed by atoms with Crippen LogP contribution in [0.2, 0.25) is 5.02 Å². The van der Waals surface area contributed by atoms with E-state index < -0.39 is 44.0 Å². The highest BCUT2D eigenvalue weighted by Crippen LogP contribution is 2.54. The summed E-state index contributed by atoms with van der Waals surface area (Å²) in [6, 6.07) is 4.86. The Morgan fingerprint density at radius 3 is 2.20 bits per heavy atom. The fourth-order valence-corrected chi connectivity index (χ4v) is 8.95. The molecule has 0 heterocycles. The highest BCUT2D eigenvalue weighted by atomic mass is 35.5. The van der Waals surface area contributed by atoms with E-state index in [9.17, 15) is 36.3 Å². The van der Waals surface area contributed by atoms with Gasteiger partial charge in [-0.2, -0.15) is 0 Å². The number of nitrogens with one attached hydrogen (secondary N) is 1. The molecule has 2 bridgehead atoms. The van der Waals surface area contributed by atoms with Crippen LogP contribution in [0.1, 0.15) is 61.7 Å². The van der Waals surface area contributed by atoms with Crippen molar-refractivity contribution >= 4 is 38.8 Å². The van der Waals surface area contributed by atoms with Crippen molar-refractivity contribution in [3.8, 4) is 0 Å². The Hall–Kier alpha value is -2.69. The maximum Gasteiger partial charge on any atom is 0.255 e. The molecule has 3 unspecified atom stereocenters. The summed E-state index contributed by atoms with van der Waals surface area (Å²) in [6.07, 6.45) is 7.72. The molecule has 2 fully saturated rings. The van der Waals surface area contributed by atoms with Crippen LogP contribution in [0, 0.1) is 35.2 Å². The van der Waals surface area contributed by atoms with Crippen molar-refractivity contribution in [2.75, 3.05) is 5.32 Å². The molecule has 0 saturated heterocycles. The minimum absolute atomic E-state index is 0.0364. The SMILES string of the molecule is O=C(Nc1cc(F)c(F)c(F)c1)c1ccc(Cl)c(S(=O)(=O)C2CC3CC[C@@H](C2)C3(O)CCC(=O)C2CC=CC2)c1. The Balaban J connectivity index is 1.31. The minimum atomic E-state index is -4.03. The van der Waals surface area contributed by atoms with Gasteiger partial charge in [0.1, 0.15) is 5.78 Å². The first-order chi connectivity index (χ1) is 18.9. The third-order valence-corrected chi connectivity index (χ3v) is 11.4. The van der Waals surface area contributed by atoms with Gasteiger partial charge in [-0.15, -0.1) is 0 Å². The molecular weight excluding hydrogens is 567 g/mol. The lowest BCUT2D eigenvalue weighted by Gasteiger charge is -2.42. The molecule has 1 amide bonds. The molecule has 4 atom stereocenters. The van der Waals surface area contributed by atoms with Crippen LogP contribution in [0.5, 0.6) is 0 Å². The number of amides is 1. The maximum absolute atomic E-state index is 13.7. The zero-order valence-corrected chi connectivity index (χ0v) is 23.1. The number of Topliss-reactive ketones (excluding diaryl/α,β-unsaturated/α-hetero) is 1. The molecule has 2 aromatic carbocycles. The van der Waals surface area contributed by atoms with Gasteiger partial charge >= 0.3 is 0 Å². The second-order valence-corrected chi connectivity index (χ2v) is 13.7. The van der Waals surface area contributed by atoms with Crippen LogP contribution in [0.25, 0.3) is 0 Å². The van der Waals surface area contributed by atoms with Crippen molar-refractivity contribution in [2.24, 2.45) is 17.8 Å². The zero-order chi connectivity index (χ0) is 28.8. The van der Waals surface area contributed by atoms with Crippen LogP contribution >= 0.6 is 11.6 Å². The fraction of sp³-hybridized carbons (Fsp3) is 0.448. The van der Waals surface area contributed by atoms with Crippen molar-refractivity contribution in [1.29, 1.82) is 0 Å². The third-order valence-electron chi connectivity index (χ3n) is 8.79. The van der Waals surface area contributed by atoms with Gasteiger partial charge in [-0.1, -0.05) is 23.8 Å². The molecule has 0 radical (unpaired) electrons. The van der Waals surface area contributed by atoms with Gasteiger partial charge in [0.15, 0.2) is 27.3 Å². The first kappa shape index (κ1) is 28.8. The fourth-order valence-electron chi connectivity index (χ4n) is 6.55. The van der Waals surface area contributed by atoms with Gasteiger partial charge in [0.2, 0.25) is 0 Å². The lowest BCUT2D eigenvalue weighted by atomic mass is 9.71. The van der Waals surface area contributed by atoms with Gasteiger partial charge in [-0.3, -0.25) is 9.59 Å². The van der Waals surface area contributed by atoms with Crippen molar-refractivity contribution < 1.29 is 36.3 Å². The number of halogens is 4. The smallest absolute Gasteiger partial charge is 0.255 e. The van der Waals surface area contributed by atoms with Crippen molar-refractivity contribution in [1.82, 2.24) is 0 Å². The molecular formula is C29H29ClF3NO5S. The van der Waals surface area contributed by atoms with Gasteiger partial charge in [0.05, 0.1) is 20.8 Å². The molecule has 214 valence electrons. The Bertz CT molecular complexity index is 1450. The molecule has 11 heteroatoms. The van der Waals surface area contributed by atoms with Crippen LogP contribution in [-0.2, 0) is 14.6 Å². The molecule has 2 saturated carbocycles. The molecule has 3 aliphatic rings. The Kier molecular flexibility index (Phi) is 7.89. The van der Waals surface area contributed by atoms with Crippen LogP contribution < -0.4 is 5.32 Å². The van der Waals surface area contributed by atoms with E-state index in [-0.39, 0.29) is 64.0 Å². The largest absolute Gasteiger partial charge is 0.389 e. The lowest BCUT2D eigenvalue weighted by molar-refractivity contribution is -0.126. The summed E-state index contributed by atoms with van der Waals surface area (Å²) in [5.74, 6) is -5.99. The number of carbonyl (C=O) groups is 2. The van der Waals surface area contributed by atoms with Crippen molar-refractivity contribution in [3.63, 3.8) is 0 Å². The summed E-state index contributed by atoms with van der Waals surface area (Å²) in [6.45, 7) is 0. The van der Waals surface area contributed by atoms with E-state index in [0.717, 1.165) is 18.9 Å². The topological polar surface area (TPSA) is 101 Å². The molecule has 3 aliphatic carbocycles. The number of rotatable bonds is 8. The van der Waals surface area contributed by atoms with E-state index in [1.165, 1.54) is 12.1 Å². The van der Waals surface area contributed by atoms with Crippen LogP contribution in [0.15, 0.2) is 47.4 Å². The summed E-state index contributed by atoms with van der Waals surface area (Å²) in [5.41, 5.74) is -1.56. The average molecular weight is 596 g/mol. The van der Waals surface area contributed by atoms with E-state index in [0.29, 0.717) is 31.4 Å². The van der Waals surface area contributed by atoms with E-state index in [2.05, 4.69) is 5.32 Å². The lowest BCUT2D eigenvalue weighted by Crippen LogP contribution is -2.48. The standard InChI is InChI=1S/C29H29ClF3NO5S/c30-22-8-5-17(28(36)34-20-14-23(31)27(33)24(32)15-20)11-26(22)40(38,39)21-12-18-6-7-19(13-21)29(18,37)10-9-25(35)16-3-1-2-4-16/h1-2,5,8,11,14-16,18-19,21,37H,3-4,6-7,9-10,12-13H2,(H,34,36)/t18-,19?,21?,29?/m0/s1. The molecule has 5 rings (SSSR count). The van der Waals surface area contributed by atoms with Gasteiger partial charge in [-0.25, -0.2) is 21.6 Å². The zero-order valence-electron chi connectivity index (χ0n) is 21.5. The number of allylic oxidation sites excluding steroid dienone is 2. The predicted molar refractivity (Wildman–Crippen MR) is 143 cm³/mol. The van der Waals surface area contributed by atoms with Gasteiger partial charge < -0.3 is 10.4 Å². The van der Waals surface area contributed by atoms with E-state index >= 15 is 0 Å². The second-order valence-electron chi connectivity index (χ2n) is 11.1. The molecule has 0 spiro atoms. The number of hydrogen-bond donors (Lipinski definition) is 2. The number of benzene rings is 2. The van der Waals surface area contributed by atoms with Crippen molar-refractivity contribution in [2.45, 2.75) is 67.1 Å². The van der Waals surface area contributed by atoms with E-state index in [1.54, 1.807) is 0 Å². The Labute approximate surface area is 235 Å². The van der Waals surface area contributed by atoms with Crippen LogP contribution in [-0.4, -0.2) is 36.1 Å². The first-order valence-electron chi connectivity index (χ1n) is 13.3. The first-order valence-corrected chi connectivity index (χ1v) is 15.2.